The summed E-state index contributed by atoms with van der Waals surface area (Å²) >= 11 is 6.15. The third-order valence-corrected chi connectivity index (χ3v) is 3.65. The Morgan fingerprint density at radius 2 is 2.16 bits per heavy atom. The molecule has 3 rings (SSSR count). The molecule has 3 heterocycles. The van der Waals surface area contributed by atoms with Crippen molar-refractivity contribution in [1.82, 2.24) is 30.0 Å². The summed E-state index contributed by atoms with van der Waals surface area (Å²) in [4.78, 5) is 22.0. The molecule has 0 atom stereocenters. The van der Waals surface area contributed by atoms with Gasteiger partial charge in [-0.05, 0) is 22.6 Å². The number of H-pyrrole nitrogens is 1. The average molecular weight is 301 g/mol. The zero-order valence-corrected chi connectivity index (χ0v) is 10.7. The summed E-state index contributed by atoms with van der Waals surface area (Å²) in [6.07, 6.45) is 1.19. The molecule has 0 amide bonds. The first-order chi connectivity index (χ1) is 8.97. The van der Waals surface area contributed by atoms with Crippen LogP contribution in [0.3, 0.4) is 0 Å². The minimum atomic E-state index is -4.42. The van der Waals surface area contributed by atoms with E-state index >= 15 is 0 Å². The van der Waals surface area contributed by atoms with Crippen molar-refractivity contribution in [3.05, 3.63) is 23.5 Å². The van der Waals surface area contributed by atoms with E-state index in [0.717, 1.165) is 0 Å². The van der Waals surface area contributed by atoms with E-state index in [2.05, 4.69) is 25.6 Å². The van der Waals surface area contributed by atoms with Gasteiger partial charge in [0.2, 0.25) is 0 Å². The van der Waals surface area contributed by atoms with E-state index in [0.29, 0.717) is 17.0 Å². The molecule has 3 N–H and O–H groups in total. The molecule has 98 valence electrons. The van der Waals surface area contributed by atoms with Crippen LogP contribution in [0.5, 0.6) is 0 Å². The molecule has 19 heavy (non-hydrogen) atoms. The van der Waals surface area contributed by atoms with Crippen LogP contribution in [0.15, 0.2) is 18.3 Å². The van der Waals surface area contributed by atoms with E-state index in [9.17, 15) is 4.57 Å². The third kappa shape index (κ3) is 2.02. The fraction of sp³-hybridized carbons (Fsp3) is 0. The minimum absolute atomic E-state index is 0.197. The van der Waals surface area contributed by atoms with Crippen LogP contribution < -0.4 is 5.44 Å². The average Bonchev–Trinajstić information content (AvgIpc) is 2.96. The molecule has 0 unspecified atom stereocenters. The molecule has 0 aliphatic carbocycles. The van der Waals surface area contributed by atoms with Crippen LogP contribution in [0, 0.1) is 0 Å². The van der Waals surface area contributed by atoms with Gasteiger partial charge in [0, 0.05) is 6.20 Å². The van der Waals surface area contributed by atoms with Crippen molar-refractivity contribution in [3.8, 4) is 11.4 Å². The maximum Gasteiger partial charge on any atom is 0.376 e. The number of nitrogens with zero attached hydrogens (tertiary/aromatic N) is 5. The second-order valence-electron chi connectivity index (χ2n) is 3.66. The number of pyridine rings is 1. The van der Waals surface area contributed by atoms with Gasteiger partial charge in [0.15, 0.2) is 11.3 Å². The van der Waals surface area contributed by atoms with Gasteiger partial charge >= 0.3 is 7.60 Å². The smallest absolute Gasteiger partial charge is 0.320 e. The van der Waals surface area contributed by atoms with Crippen LogP contribution in [0.4, 0.5) is 0 Å². The molecule has 0 spiro atoms. The summed E-state index contributed by atoms with van der Waals surface area (Å²) < 4.78 is 12.5. The molecule has 0 bridgehead atoms. The summed E-state index contributed by atoms with van der Waals surface area (Å²) in [5.74, 6) is 0.346. The Morgan fingerprint density at radius 3 is 2.79 bits per heavy atom. The highest BCUT2D eigenvalue weighted by Crippen LogP contribution is 2.33. The predicted molar refractivity (Wildman–Crippen MR) is 65.1 cm³/mol. The monoisotopic (exact) mass is 300 g/mol. The summed E-state index contributed by atoms with van der Waals surface area (Å²) in [5.41, 5.74) is 0.468. The molecular formula is C8H6ClN6O3P. The van der Waals surface area contributed by atoms with Crippen LogP contribution in [0.2, 0.25) is 5.15 Å². The Morgan fingerprint density at radius 1 is 1.37 bits per heavy atom. The number of rotatable bonds is 2. The van der Waals surface area contributed by atoms with Crippen molar-refractivity contribution in [3.63, 3.8) is 0 Å². The molecule has 11 heteroatoms. The number of aromatic amines is 1. The van der Waals surface area contributed by atoms with Crippen LogP contribution in [-0.4, -0.2) is 39.8 Å². The highest BCUT2D eigenvalue weighted by Gasteiger charge is 2.22. The van der Waals surface area contributed by atoms with Crippen molar-refractivity contribution >= 4 is 30.3 Å². The van der Waals surface area contributed by atoms with Crippen molar-refractivity contribution in [2.45, 2.75) is 0 Å². The lowest BCUT2D eigenvalue weighted by Crippen LogP contribution is -2.03. The molecular weight excluding hydrogens is 295 g/mol. The lowest BCUT2D eigenvalue weighted by molar-refractivity contribution is 0.386. The summed E-state index contributed by atoms with van der Waals surface area (Å²) in [5, 5.41) is 13.3. The number of halogens is 1. The van der Waals surface area contributed by atoms with Crippen LogP contribution in [0.25, 0.3) is 17.0 Å². The maximum absolute atomic E-state index is 11.2. The second-order valence-corrected chi connectivity index (χ2v) is 5.56. The Kier molecular flexibility index (Phi) is 2.64. The first-order valence-electron chi connectivity index (χ1n) is 4.94. The Bertz CT molecular complexity index is 794. The van der Waals surface area contributed by atoms with E-state index in [1.165, 1.54) is 10.6 Å². The fourth-order valence-electron chi connectivity index (χ4n) is 1.60. The first kappa shape index (κ1) is 12.2. The number of hydrogen-bond donors (Lipinski definition) is 3. The van der Waals surface area contributed by atoms with E-state index in [1.807, 2.05) is 0 Å². The zero-order chi connectivity index (χ0) is 13.6. The Labute approximate surface area is 110 Å². The Balaban J connectivity index is 2.25. The molecule has 3 aromatic heterocycles. The molecule has 0 saturated heterocycles. The number of imidazole rings is 1. The number of nitrogens with one attached hydrogen (secondary N) is 1. The van der Waals surface area contributed by atoms with Gasteiger partial charge in [-0.1, -0.05) is 11.6 Å². The molecule has 0 aliphatic rings. The van der Waals surface area contributed by atoms with Gasteiger partial charge in [-0.2, -0.15) is 0 Å². The number of aromatic nitrogens is 6. The molecule has 0 radical (unpaired) electrons. The van der Waals surface area contributed by atoms with Gasteiger partial charge in [-0.15, -0.1) is 5.10 Å². The molecule has 9 nitrogen and oxygen atoms in total. The van der Waals surface area contributed by atoms with Crippen molar-refractivity contribution < 1.29 is 14.4 Å². The van der Waals surface area contributed by atoms with Crippen molar-refractivity contribution in [1.29, 1.82) is 0 Å². The highest BCUT2D eigenvalue weighted by atomic mass is 35.5. The van der Waals surface area contributed by atoms with Crippen molar-refractivity contribution in [2.24, 2.45) is 0 Å². The summed E-state index contributed by atoms with van der Waals surface area (Å²) in [6.45, 7) is 0. The van der Waals surface area contributed by atoms with Crippen LogP contribution in [0.1, 0.15) is 0 Å². The number of tetrazole rings is 1. The van der Waals surface area contributed by atoms with Gasteiger partial charge in [-0.3, -0.25) is 8.97 Å². The lowest BCUT2D eigenvalue weighted by Gasteiger charge is -2.02. The molecule has 0 saturated carbocycles. The van der Waals surface area contributed by atoms with E-state index < -0.39 is 7.60 Å². The van der Waals surface area contributed by atoms with Gasteiger partial charge < -0.3 is 9.79 Å². The molecule has 0 aliphatic heterocycles. The number of hydrogen-bond acceptors (Lipinski definition) is 5. The standard InChI is InChI=1S/C8H6ClN6O3P/c9-7-4(8-11-13-14-12-8)1-2-5-10-6(3-15(5)7)19(16,17)18/h1-3H,(H2,16,17,18)(H,11,12,13,14). The maximum atomic E-state index is 11.2. The largest absolute Gasteiger partial charge is 0.376 e. The van der Waals surface area contributed by atoms with Crippen LogP contribution in [-0.2, 0) is 4.57 Å². The SMILES string of the molecule is O=P(O)(O)c1cn2c(Cl)c(-c3nnn[nH]3)ccc2n1. The third-order valence-electron chi connectivity index (χ3n) is 2.45. The second kappa shape index (κ2) is 4.10. The molecule has 0 aromatic carbocycles. The zero-order valence-electron chi connectivity index (χ0n) is 9.10. The fourth-order valence-corrected chi connectivity index (χ4v) is 2.39. The predicted octanol–water partition coefficient (Wildman–Crippen LogP) is -0.0292. The lowest BCUT2D eigenvalue weighted by atomic mass is 10.3. The first-order valence-corrected chi connectivity index (χ1v) is 6.93. The number of fused-ring (bicyclic) bond motifs is 1. The summed E-state index contributed by atoms with van der Waals surface area (Å²) in [6, 6.07) is 3.17. The summed E-state index contributed by atoms with van der Waals surface area (Å²) in [7, 11) is -4.42. The normalized spacial score (nSPS) is 12.2. The van der Waals surface area contributed by atoms with Gasteiger partial charge in [0.05, 0.1) is 5.56 Å². The Hall–Kier alpha value is -1.80. The van der Waals surface area contributed by atoms with Gasteiger partial charge in [-0.25, -0.2) is 10.1 Å². The van der Waals surface area contributed by atoms with Gasteiger partial charge in [0.25, 0.3) is 0 Å². The van der Waals surface area contributed by atoms with Gasteiger partial charge in [0.1, 0.15) is 10.8 Å². The minimum Gasteiger partial charge on any atom is -0.320 e. The van der Waals surface area contributed by atoms with E-state index in [1.54, 1.807) is 12.1 Å². The topological polar surface area (TPSA) is 129 Å². The highest BCUT2D eigenvalue weighted by molar-refractivity contribution is 7.60. The van der Waals surface area contributed by atoms with E-state index in [-0.39, 0.29) is 10.6 Å². The van der Waals surface area contributed by atoms with Crippen LogP contribution >= 0.6 is 19.2 Å². The molecule has 3 aromatic rings. The van der Waals surface area contributed by atoms with Crippen molar-refractivity contribution in [2.75, 3.05) is 0 Å². The molecule has 0 fully saturated rings. The quantitative estimate of drug-likeness (QED) is 0.447. The van der Waals surface area contributed by atoms with E-state index in [4.69, 9.17) is 21.4 Å².